The third-order valence-electron chi connectivity index (χ3n) is 2.44. The average molecular weight is 217 g/mol. The summed E-state index contributed by atoms with van der Waals surface area (Å²) >= 11 is 0. The van der Waals surface area contributed by atoms with Crippen LogP contribution in [0.1, 0.15) is 36.7 Å². The van der Waals surface area contributed by atoms with Crippen LogP contribution in [-0.2, 0) is 0 Å². The first kappa shape index (κ1) is 12.5. The fourth-order valence-corrected chi connectivity index (χ4v) is 1.68. The number of aryl methyl sites for hydroxylation is 1. The second kappa shape index (κ2) is 4.97. The van der Waals surface area contributed by atoms with Gasteiger partial charge in [0.1, 0.15) is 0 Å². The van der Waals surface area contributed by atoms with E-state index in [-0.39, 0.29) is 11.9 Å². The number of nitrogens with zero attached hydrogens (tertiary/aromatic N) is 1. The van der Waals surface area contributed by atoms with Crippen LogP contribution >= 0.6 is 0 Å². The van der Waals surface area contributed by atoms with Crippen LogP contribution in [0.15, 0.2) is 36.5 Å². The first-order valence-electron chi connectivity index (χ1n) is 5.49. The fraction of sp³-hybridized carbons (Fsp3) is 0.357. The van der Waals surface area contributed by atoms with E-state index in [0.29, 0.717) is 5.56 Å². The van der Waals surface area contributed by atoms with Crippen LogP contribution in [0.5, 0.6) is 0 Å². The SMILES string of the molecule is C=C(C)N(C(=O)c1ccc(C)cc1)C(C)C. The number of hydrogen-bond acceptors (Lipinski definition) is 1. The smallest absolute Gasteiger partial charge is 0.258 e. The maximum atomic E-state index is 12.2. The van der Waals surface area contributed by atoms with E-state index in [1.165, 1.54) is 0 Å². The summed E-state index contributed by atoms with van der Waals surface area (Å²) in [5.41, 5.74) is 2.64. The molecule has 0 unspecified atom stereocenters. The van der Waals surface area contributed by atoms with E-state index in [1.807, 2.05) is 52.0 Å². The van der Waals surface area contributed by atoms with Crippen molar-refractivity contribution < 1.29 is 4.79 Å². The number of benzene rings is 1. The van der Waals surface area contributed by atoms with E-state index in [0.717, 1.165) is 11.3 Å². The molecule has 0 spiro atoms. The number of allylic oxidation sites excluding steroid dienone is 1. The third-order valence-corrected chi connectivity index (χ3v) is 2.44. The normalized spacial score (nSPS) is 10.3. The predicted octanol–water partition coefficient (Wildman–Crippen LogP) is 3.38. The van der Waals surface area contributed by atoms with Crippen LogP contribution in [0, 0.1) is 6.92 Å². The van der Waals surface area contributed by atoms with Crippen molar-refractivity contribution in [3.05, 3.63) is 47.7 Å². The molecule has 0 fully saturated rings. The standard InChI is InChI=1S/C14H19NO/c1-10(2)15(11(3)4)14(16)13-8-6-12(5)7-9-13/h6-9,11H,1H2,2-5H3. The molecule has 2 nitrogen and oxygen atoms in total. The lowest BCUT2D eigenvalue weighted by Crippen LogP contribution is -2.34. The Kier molecular flexibility index (Phi) is 3.88. The van der Waals surface area contributed by atoms with Crippen LogP contribution in [0.25, 0.3) is 0 Å². The van der Waals surface area contributed by atoms with Crippen LogP contribution < -0.4 is 0 Å². The highest BCUT2D eigenvalue weighted by Gasteiger charge is 2.18. The van der Waals surface area contributed by atoms with Gasteiger partial charge in [-0.15, -0.1) is 0 Å². The zero-order valence-electron chi connectivity index (χ0n) is 10.4. The molecule has 1 aromatic rings. The van der Waals surface area contributed by atoms with E-state index in [4.69, 9.17) is 0 Å². The molecule has 0 aromatic heterocycles. The molecule has 0 saturated heterocycles. The van der Waals surface area contributed by atoms with Crippen LogP contribution in [0.4, 0.5) is 0 Å². The lowest BCUT2D eigenvalue weighted by Gasteiger charge is -2.26. The molecule has 86 valence electrons. The Morgan fingerprint density at radius 1 is 1.25 bits per heavy atom. The number of hydrogen-bond donors (Lipinski definition) is 0. The topological polar surface area (TPSA) is 20.3 Å². The number of amides is 1. The molecular weight excluding hydrogens is 198 g/mol. The second-order valence-corrected chi connectivity index (χ2v) is 4.37. The molecule has 1 aromatic carbocycles. The summed E-state index contributed by atoms with van der Waals surface area (Å²) in [7, 11) is 0. The summed E-state index contributed by atoms with van der Waals surface area (Å²) in [6, 6.07) is 7.74. The molecular formula is C14H19NO. The van der Waals surface area contributed by atoms with Crippen molar-refractivity contribution in [2.75, 3.05) is 0 Å². The van der Waals surface area contributed by atoms with Gasteiger partial charge in [0.15, 0.2) is 0 Å². The van der Waals surface area contributed by atoms with Gasteiger partial charge < -0.3 is 4.90 Å². The quantitative estimate of drug-likeness (QED) is 0.760. The molecule has 2 heteroatoms. The van der Waals surface area contributed by atoms with Gasteiger partial charge in [-0.3, -0.25) is 4.79 Å². The first-order chi connectivity index (χ1) is 7.43. The van der Waals surface area contributed by atoms with Crippen molar-refractivity contribution in [2.24, 2.45) is 0 Å². The summed E-state index contributed by atoms with van der Waals surface area (Å²) < 4.78 is 0. The maximum Gasteiger partial charge on any atom is 0.258 e. The van der Waals surface area contributed by atoms with E-state index in [2.05, 4.69) is 6.58 Å². The summed E-state index contributed by atoms with van der Waals surface area (Å²) in [5, 5.41) is 0. The van der Waals surface area contributed by atoms with Gasteiger partial charge in [-0.05, 0) is 39.8 Å². The van der Waals surface area contributed by atoms with Crippen molar-refractivity contribution >= 4 is 5.91 Å². The number of rotatable bonds is 3. The molecule has 0 radical (unpaired) electrons. The maximum absolute atomic E-state index is 12.2. The molecule has 0 atom stereocenters. The average Bonchev–Trinajstić information content (AvgIpc) is 2.17. The molecule has 0 saturated carbocycles. The predicted molar refractivity (Wildman–Crippen MR) is 67.3 cm³/mol. The monoisotopic (exact) mass is 217 g/mol. The molecule has 0 aliphatic rings. The zero-order valence-corrected chi connectivity index (χ0v) is 10.4. The zero-order chi connectivity index (χ0) is 12.3. The van der Waals surface area contributed by atoms with E-state index < -0.39 is 0 Å². The van der Waals surface area contributed by atoms with E-state index in [9.17, 15) is 4.79 Å². The molecule has 0 N–H and O–H groups in total. The van der Waals surface area contributed by atoms with Crippen LogP contribution in [-0.4, -0.2) is 16.8 Å². The Hall–Kier alpha value is -1.57. The second-order valence-electron chi connectivity index (χ2n) is 4.37. The summed E-state index contributed by atoms with van der Waals surface area (Å²) in [5.74, 6) is 0.0162. The number of carbonyl (C=O) groups is 1. The number of carbonyl (C=O) groups excluding carboxylic acids is 1. The first-order valence-corrected chi connectivity index (χ1v) is 5.49. The van der Waals surface area contributed by atoms with Crippen molar-refractivity contribution in [2.45, 2.75) is 33.7 Å². The van der Waals surface area contributed by atoms with Crippen molar-refractivity contribution in [3.8, 4) is 0 Å². The van der Waals surface area contributed by atoms with Gasteiger partial charge in [-0.25, -0.2) is 0 Å². The van der Waals surface area contributed by atoms with Gasteiger partial charge in [-0.2, -0.15) is 0 Å². The Morgan fingerprint density at radius 2 is 1.75 bits per heavy atom. The van der Waals surface area contributed by atoms with Crippen molar-refractivity contribution in [3.63, 3.8) is 0 Å². The van der Waals surface area contributed by atoms with E-state index in [1.54, 1.807) is 4.90 Å². The largest absolute Gasteiger partial charge is 0.311 e. The molecule has 0 bridgehead atoms. The highest BCUT2D eigenvalue weighted by atomic mass is 16.2. The molecule has 0 heterocycles. The summed E-state index contributed by atoms with van der Waals surface area (Å²) in [6.07, 6.45) is 0. The lowest BCUT2D eigenvalue weighted by molar-refractivity contribution is 0.0769. The van der Waals surface area contributed by atoms with Gasteiger partial charge in [0.05, 0.1) is 0 Å². The summed E-state index contributed by atoms with van der Waals surface area (Å²) in [6.45, 7) is 11.7. The molecule has 1 rings (SSSR count). The van der Waals surface area contributed by atoms with Crippen LogP contribution in [0.3, 0.4) is 0 Å². The minimum absolute atomic E-state index is 0.0162. The van der Waals surface area contributed by atoms with Gasteiger partial charge in [0.25, 0.3) is 5.91 Å². The van der Waals surface area contributed by atoms with Gasteiger partial charge in [-0.1, -0.05) is 24.3 Å². The molecule has 0 aliphatic heterocycles. The van der Waals surface area contributed by atoms with E-state index >= 15 is 0 Å². The Balaban J connectivity index is 2.99. The lowest BCUT2D eigenvalue weighted by atomic mass is 10.1. The van der Waals surface area contributed by atoms with Crippen molar-refractivity contribution in [1.29, 1.82) is 0 Å². The third kappa shape index (κ3) is 2.72. The Morgan fingerprint density at radius 3 is 2.12 bits per heavy atom. The minimum Gasteiger partial charge on any atom is -0.311 e. The highest BCUT2D eigenvalue weighted by molar-refractivity contribution is 5.95. The van der Waals surface area contributed by atoms with Gasteiger partial charge in [0, 0.05) is 17.3 Å². The van der Waals surface area contributed by atoms with Gasteiger partial charge in [0.2, 0.25) is 0 Å². The molecule has 0 aliphatic carbocycles. The molecule has 16 heavy (non-hydrogen) atoms. The van der Waals surface area contributed by atoms with Crippen LogP contribution in [0.2, 0.25) is 0 Å². The highest BCUT2D eigenvalue weighted by Crippen LogP contribution is 2.14. The minimum atomic E-state index is 0.0162. The Labute approximate surface area is 97.6 Å². The molecule has 1 amide bonds. The Bertz CT molecular complexity index is 390. The summed E-state index contributed by atoms with van der Waals surface area (Å²) in [4.78, 5) is 13.9. The van der Waals surface area contributed by atoms with Gasteiger partial charge >= 0.3 is 0 Å². The fourth-order valence-electron chi connectivity index (χ4n) is 1.68. The van der Waals surface area contributed by atoms with Crippen molar-refractivity contribution in [1.82, 2.24) is 4.90 Å².